The number of benzene rings is 4. The predicted octanol–water partition coefficient (Wildman–Crippen LogP) is 15.9. The van der Waals surface area contributed by atoms with E-state index in [9.17, 15) is 0 Å². The van der Waals surface area contributed by atoms with E-state index >= 15 is 0 Å². The summed E-state index contributed by atoms with van der Waals surface area (Å²) >= 11 is 0. The van der Waals surface area contributed by atoms with Gasteiger partial charge >= 0.3 is 0 Å². The van der Waals surface area contributed by atoms with Crippen LogP contribution in [-0.4, -0.2) is 31.2 Å². The molecule has 4 aromatic carbocycles. The van der Waals surface area contributed by atoms with Gasteiger partial charge in [0.2, 0.25) is 0 Å². The van der Waals surface area contributed by atoms with Crippen LogP contribution in [0.1, 0.15) is 105 Å². The molecule has 0 bridgehead atoms. The Morgan fingerprint density at radius 1 is 0.449 bits per heavy atom. The molecule has 348 valence electrons. The highest BCUT2D eigenvalue weighted by atomic mass is 16.5. The van der Waals surface area contributed by atoms with Crippen LogP contribution >= 0.6 is 0 Å². The molecule has 5 aromatic heterocycles. The first-order valence-corrected chi connectivity index (χ1v) is 24.1. The quantitative estimate of drug-likeness (QED) is 0.158. The van der Waals surface area contributed by atoms with Gasteiger partial charge in [0, 0.05) is 64.5 Å². The lowest BCUT2D eigenvalue weighted by Gasteiger charge is -2.30. The summed E-state index contributed by atoms with van der Waals surface area (Å²) in [6.07, 6.45) is 9.69. The minimum atomic E-state index is -0.153. The Kier molecular flexibility index (Phi) is 11.0. The molecule has 8 nitrogen and oxygen atoms in total. The van der Waals surface area contributed by atoms with Crippen LogP contribution in [0.25, 0.3) is 50.1 Å². The number of fused-ring (bicyclic) bond motifs is 4. The van der Waals surface area contributed by atoms with Crippen LogP contribution in [0.15, 0.2) is 152 Å². The SMILES string of the molecule is CC(C)(C)c1ccnc(-c2cc(C(C)(C)C)cc(-c3cc(C(C)(C)C)ccn3)c2N2CN(c3cccc(Oc4ccc5c6ccccc6n(-c6cc(C(C)(C)C)ccn6)c5c4)c3)c3cnccc32)c1. The number of rotatable bonds is 7. The molecule has 0 fully saturated rings. The highest BCUT2D eigenvalue weighted by molar-refractivity contribution is 6.09. The van der Waals surface area contributed by atoms with Gasteiger partial charge in [0.25, 0.3) is 0 Å². The van der Waals surface area contributed by atoms with Crippen LogP contribution in [0.5, 0.6) is 11.5 Å². The van der Waals surface area contributed by atoms with Crippen molar-refractivity contribution < 1.29 is 4.74 Å². The molecular formula is C61H63N7O. The molecule has 0 atom stereocenters. The Morgan fingerprint density at radius 2 is 1.03 bits per heavy atom. The van der Waals surface area contributed by atoms with Gasteiger partial charge in [-0.25, -0.2) is 4.98 Å². The van der Waals surface area contributed by atoms with Crippen molar-refractivity contribution >= 4 is 44.6 Å². The highest BCUT2D eigenvalue weighted by Gasteiger charge is 2.34. The van der Waals surface area contributed by atoms with Gasteiger partial charge in [-0.1, -0.05) is 107 Å². The molecule has 0 radical (unpaired) electrons. The Morgan fingerprint density at radius 3 is 1.67 bits per heavy atom. The van der Waals surface area contributed by atoms with Gasteiger partial charge in [0.1, 0.15) is 24.0 Å². The molecule has 0 saturated heterocycles. The molecule has 0 spiro atoms. The van der Waals surface area contributed by atoms with Crippen LogP contribution < -0.4 is 14.5 Å². The summed E-state index contributed by atoms with van der Waals surface area (Å²) in [7, 11) is 0. The third kappa shape index (κ3) is 8.62. The largest absolute Gasteiger partial charge is 0.457 e. The van der Waals surface area contributed by atoms with E-state index in [0.717, 1.165) is 79.0 Å². The van der Waals surface area contributed by atoms with Crippen LogP contribution in [0, 0.1) is 0 Å². The molecule has 1 aliphatic rings. The number of aromatic nitrogens is 5. The average Bonchev–Trinajstić information content (AvgIpc) is 3.86. The first-order valence-electron chi connectivity index (χ1n) is 24.1. The second-order valence-electron chi connectivity index (χ2n) is 22.7. The lowest BCUT2D eigenvalue weighted by molar-refractivity contribution is 0.483. The maximum absolute atomic E-state index is 6.82. The monoisotopic (exact) mass is 910 g/mol. The number of hydrogen-bond donors (Lipinski definition) is 0. The van der Waals surface area contributed by atoms with E-state index in [4.69, 9.17) is 24.7 Å². The molecule has 10 rings (SSSR count). The number of pyridine rings is 4. The summed E-state index contributed by atoms with van der Waals surface area (Å²) in [6.45, 7) is 27.6. The van der Waals surface area contributed by atoms with E-state index in [1.165, 1.54) is 27.6 Å². The number of anilines is 4. The summed E-state index contributed by atoms with van der Waals surface area (Å²) in [6, 6.07) is 43.2. The molecule has 6 heterocycles. The molecule has 0 amide bonds. The number of nitrogens with zero attached hydrogens (tertiary/aromatic N) is 7. The van der Waals surface area contributed by atoms with Gasteiger partial charge in [0.05, 0.1) is 45.7 Å². The van der Waals surface area contributed by atoms with Crippen molar-refractivity contribution in [2.24, 2.45) is 0 Å². The predicted molar refractivity (Wildman–Crippen MR) is 286 cm³/mol. The fourth-order valence-electron chi connectivity index (χ4n) is 9.48. The van der Waals surface area contributed by atoms with Crippen molar-refractivity contribution in [2.45, 2.75) is 105 Å². The maximum Gasteiger partial charge on any atom is 0.137 e. The smallest absolute Gasteiger partial charge is 0.137 e. The molecule has 0 N–H and O–H groups in total. The number of para-hydroxylation sites is 1. The normalized spacial score (nSPS) is 13.4. The van der Waals surface area contributed by atoms with Gasteiger partial charge < -0.3 is 14.5 Å². The fourth-order valence-corrected chi connectivity index (χ4v) is 9.48. The second kappa shape index (κ2) is 16.7. The third-order valence-corrected chi connectivity index (χ3v) is 13.5. The van der Waals surface area contributed by atoms with Crippen LogP contribution in [0.3, 0.4) is 0 Å². The van der Waals surface area contributed by atoms with Crippen molar-refractivity contribution in [1.82, 2.24) is 24.5 Å². The van der Waals surface area contributed by atoms with E-state index in [-0.39, 0.29) is 21.7 Å². The minimum Gasteiger partial charge on any atom is -0.457 e. The van der Waals surface area contributed by atoms with Crippen molar-refractivity contribution in [3.63, 3.8) is 0 Å². The second-order valence-corrected chi connectivity index (χ2v) is 22.7. The van der Waals surface area contributed by atoms with E-state index in [1.54, 1.807) is 0 Å². The summed E-state index contributed by atoms with van der Waals surface area (Å²) in [4.78, 5) is 24.6. The Labute approximate surface area is 407 Å². The van der Waals surface area contributed by atoms with Crippen LogP contribution in [0.2, 0.25) is 0 Å². The van der Waals surface area contributed by atoms with Crippen molar-refractivity contribution in [1.29, 1.82) is 0 Å². The van der Waals surface area contributed by atoms with E-state index in [1.807, 2.05) is 37.1 Å². The molecule has 0 unspecified atom stereocenters. The van der Waals surface area contributed by atoms with Crippen molar-refractivity contribution in [3.05, 3.63) is 175 Å². The summed E-state index contributed by atoms with van der Waals surface area (Å²) in [5.41, 5.74) is 14.8. The fraction of sp³-hybridized carbons (Fsp3) is 0.279. The Balaban J connectivity index is 1.09. The lowest BCUT2D eigenvalue weighted by atomic mass is 9.81. The van der Waals surface area contributed by atoms with Crippen molar-refractivity contribution in [3.8, 4) is 39.8 Å². The molecule has 0 aliphatic carbocycles. The van der Waals surface area contributed by atoms with E-state index in [2.05, 4.69) is 213 Å². The topological polar surface area (TPSA) is 72.2 Å². The number of ether oxygens (including phenoxy) is 1. The highest BCUT2D eigenvalue weighted by Crippen LogP contribution is 2.51. The average molecular weight is 910 g/mol. The lowest BCUT2D eigenvalue weighted by Crippen LogP contribution is -2.25. The third-order valence-electron chi connectivity index (χ3n) is 13.5. The van der Waals surface area contributed by atoms with Crippen LogP contribution in [-0.2, 0) is 21.7 Å². The van der Waals surface area contributed by atoms with Gasteiger partial charge in [-0.3, -0.25) is 19.5 Å². The first-order chi connectivity index (χ1) is 32.7. The molecule has 8 heteroatoms. The zero-order chi connectivity index (χ0) is 48.6. The van der Waals surface area contributed by atoms with Gasteiger partial charge in [-0.05, 0) is 129 Å². The molecule has 1 aliphatic heterocycles. The maximum atomic E-state index is 6.82. The van der Waals surface area contributed by atoms with Gasteiger partial charge in [0.15, 0.2) is 0 Å². The summed E-state index contributed by atoms with van der Waals surface area (Å²) < 4.78 is 9.08. The van der Waals surface area contributed by atoms with Gasteiger partial charge in [-0.15, -0.1) is 0 Å². The zero-order valence-corrected chi connectivity index (χ0v) is 42.2. The van der Waals surface area contributed by atoms with Crippen LogP contribution in [0.4, 0.5) is 22.7 Å². The van der Waals surface area contributed by atoms with Crippen molar-refractivity contribution in [2.75, 3.05) is 16.5 Å². The summed E-state index contributed by atoms with van der Waals surface area (Å²) in [5.74, 6) is 2.35. The molecule has 9 aromatic rings. The molecular weight excluding hydrogens is 847 g/mol. The van der Waals surface area contributed by atoms with Gasteiger partial charge in [-0.2, -0.15) is 0 Å². The standard InChI is InChI=1S/C61H63N7O/c1-58(2,3)39-22-27-63-50(32-39)48-30-42(61(10,11)12)31-49(51-33-40(23-28-64-51)59(4,5)6)57(48)67-38-66(55-37-62-26-25-53(55)67)43-16-15-17-44(35-43)69-45-20-21-47-46-18-13-14-19-52(46)68(54(47)36-45)56-34-41(24-29-65-56)60(7,8)9/h13-37H,38H2,1-12H3. The Hall–Kier alpha value is -7.32. The van der Waals surface area contributed by atoms with E-state index in [0.29, 0.717) is 6.67 Å². The van der Waals surface area contributed by atoms with E-state index < -0.39 is 0 Å². The number of hydrogen-bond acceptors (Lipinski definition) is 7. The first kappa shape index (κ1) is 45.5. The molecule has 69 heavy (non-hydrogen) atoms. The minimum absolute atomic E-state index is 0.0232. The Bertz CT molecular complexity index is 3330. The zero-order valence-electron chi connectivity index (χ0n) is 42.2. The molecule has 0 saturated carbocycles. The summed E-state index contributed by atoms with van der Waals surface area (Å²) in [5, 5.41) is 2.32.